The van der Waals surface area contributed by atoms with E-state index in [0.29, 0.717) is 19.3 Å². The average Bonchev–Trinajstić information content (AvgIpc) is 3.47. The minimum absolute atomic E-state index is 0.0626. The number of rotatable bonds is 70. The molecule has 0 amide bonds. The van der Waals surface area contributed by atoms with Gasteiger partial charge in [-0.15, -0.1) is 0 Å². The van der Waals surface area contributed by atoms with Crippen LogP contribution in [-0.4, -0.2) is 37.2 Å². The molecule has 0 aromatic carbocycles. The molecule has 0 aliphatic rings. The highest BCUT2D eigenvalue weighted by molar-refractivity contribution is 5.71. The highest BCUT2D eigenvalue weighted by atomic mass is 16.6. The van der Waals surface area contributed by atoms with Gasteiger partial charge in [-0.2, -0.15) is 0 Å². The molecule has 0 heterocycles. The molecule has 480 valence electrons. The van der Waals surface area contributed by atoms with E-state index in [0.717, 1.165) is 57.8 Å². The van der Waals surface area contributed by atoms with Crippen LogP contribution >= 0.6 is 0 Å². The molecule has 0 N–H and O–H groups in total. The van der Waals surface area contributed by atoms with E-state index in [9.17, 15) is 14.4 Å². The van der Waals surface area contributed by atoms with Crippen molar-refractivity contribution in [3.8, 4) is 0 Å². The molecule has 0 aliphatic carbocycles. The van der Waals surface area contributed by atoms with E-state index in [4.69, 9.17) is 14.2 Å². The van der Waals surface area contributed by atoms with Crippen LogP contribution < -0.4 is 0 Å². The minimum Gasteiger partial charge on any atom is -0.462 e. The first-order chi connectivity index (χ1) is 40.0. The zero-order chi connectivity index (χ0) is 58.5. The Kier molecular flexibility index (Phi) is 69.0. The smallest absolute Gasteiger partial charge is 0.306 e. The molecule has 0 bridgehead atoms. The van der Waals surface area contributed by atoms with Gasteiger partial charge in [-0.05, 0) is 44.9 Å². The molecule has 6 heteroatoms. The topological polar surface area (TPSA) is 78.9 Å². The molecule has 0 aliphatic heterocycles. The summed E-state index contributed by atoms with van der Waals surface area (Å²) < 4.78 is 17.0. The van der Waals surface area contributed by atoms with Crippen LogP contribution in [0.4, 0.5) is 0 Å². The first kappa shape index (κ1) is 79.2. The Labute approximate surface area is 507 Å². The Bertz CT molecular complexity index is 1260. The summed E-state index contributed by atoms with van der Waals surface area (Å²) >= 11 is 0. The van der Waals surface area contributed by atoms with Crippen molar-refractivity contribution in [2.24, 2.45) is 0 Å². The third-order valence-electron chi connectivity index (χ3n) is 17.3. The third kappa shape index (κ3) is 68.8. The fourth-order valence-corrected chi connectivity index (χ4v) is 11.7. The molecule has 0 spiro atoms. The standard InChI is InChI=1S/C75H144O6/c1-4-7-10-13-16-19-22-24-26-28-30-32-34-36-38-40-41-43-45-47-49-51-53-56-59-62-65-68-74(77)80-71-72(70-79-73(76)67-64-61-58-55-21-18-15-12-9-6-3)81-75(78)69-66-63-60-57-54-52-50-48-46-44-42-39-37-35-33-31-29-27-25-23-20-17-14-11-8-5-2/h28,30,72H,4-27,29,31-71H2,1-3H3/b30-28-. The van der Waals surface area contributed by atoms with Gasteiger partial charge in [0.15, 0.2) is 6.10 Å². The molecule has 1 atom stereocenters. The maximum absolute atomic E-state index is 12.9. The zero-order valence-electron chi connectivity index (χ0n) is 55.4. The first-order valence-electron chi connectivity index (χ1n) is 37.2. The summed E-state index contributed by atoms with van der Waals surface area (Å²) in [5.74, 6) is -0.828. The quantitative estimate of drug-likeness (QED) is 0.0261. The monoisotopic (exact) mass is 1140 g/mol. The molecule has 6 nitrogen and oxygen atoms in total. The van der Waals surface area contributed by atoms with Gasteiger partial charge in [-0.25, -0.2) is 0 Å². The van der Waals surface area contributed by atoms with Crippen molar-refractivity contribution in [3.63, 3.8) is 0 Å². The molecule has 1 unspecified atom stereocenters. The number of hydrogen-bond acceptors (Lipinski definition) is 6. The number of esters is 3. The van der Waals surface area contributed by atoms with E-state index < -0.39 is 6.10 Å². The van der Waals surface area contributed by atoms with E-state index in [1.165, 1.54) is 334 Å². The van der Waals surface area contributed by atoms with Crippen molar-refractivity contribution in [2.75, 3.05) is 13.2 Å². The molecule has 0 aromatic heterocycles. The van der Waals surface area contributed by atoms with Gasteiger partial charge in [-0.1, -0.05) is 380 Å². The van der Waals surface area contributed by atoms with Crippen LogP contribution in [0.5, 0.6) is 0 Å². The van der Waals surface area contributed by atoms with Gasteiger partial charge in [0.2, 0.25) is 0 Å². The highest BCUT2D eigenvalue weighted by Crippen LogP contribution is 2.19. The summed E-state index contributed by atoms with van der Waals surface area (Å²) in [6.45, 7) is 6.72. The molecule has 81 heavy (non-hydrogen) atoms. The normalized spacial score (nSPS) is 12.0. The van der Waals surface area contributed by atoms with Crippen LogP contribution in [0.1, 0.15) is 432 Å². The number of carbonyl (C=O) groups is 3. The van der Waals surface area contributed by atoms with E-state index in [1.807, 2.05) is 0 Å². The maximum Gasteiger partial charge on any atom is 0.306 e. The van der Waals surface area contributed by atoms with Crippen LogP contribution in [0, 0.1) is 0 Å². The molecule has 0 saturated heterocycles. The van der Waals surface area contributed by atoms with Crippen LogP contribution in [-0.2, 0) is 28.6 Å². The Hall–Kier alpha value is -1.85. The Morgan fingerprint density at radius 2 is 0.407 bits per heavy atom. The molecule has 0 radical (unpaired) electrons. The van der Waals surface area contributed by atoms with Crippen molar-refractivity contribution in [1.82, 2.24) is 0 Å². The number of hydrogen-bond donors (Lipinski definition) is 0. The van der Waals surface area contributed by atoms with E-state index in [-0.39, 0.29) is 31.1 Å². The predicted molar refractivity (Wildman–Crippen MR) is 353 cm³/mol. The number of allylic oxidation sites excluding steroid dienone is 2. The van der Waals surface area contributed by atoms with Gasteiger partial charge in [-0.3, -0.25) is 14.4 Å². The number of ether oxygens (including phenoxy) is 3. The lowest BCUT2D eigenvalue weighted by Crippen LogP contribution is -2.30. The van der Waals surface area contributed by atoms with Gasteiger partial charge in [0.25, 0.3) is 0 Å². The minimum atomic E-state index is -0.765. The Balaban J connectivity index is 4.09. The third-order valence-corrected chi connectivity index (χ3v) is 17.3. The Morgan fingerprint density at radius 3 is 0.617 bits per heavy atom. The number of carbonyl (C=O) groups excluding carboxylic acids is 3. The second kappa shape index (κ2) is 70.6. The van der Waals surface area contributed by atoms with Gasteiger partial charge >= 0.3 is 17.9 Å². The molecule has 0 aromatic rings. The average molecular weight is 1140 g/mol. The summed E-state index contributed by atoms with van der Waals surface area (Å²) in [5, 5.41) is 0. The predicted octanol–water partition coefficient (Wildman–Crippen LogP) is 25.6. The SMILES string of the molecule is CCCCCCCCCC/C=C\CCCCCCCCCCCCCCCCCC(=O)OCC(COC(=O)CCCCCCCCCCCC)OC(=O)CCCCCCCCCCCCCCCCCCCCCCCCCCCC. The van der Waals surface area contributed by atoms with Crippen LogP contribution in [0.3, 0.4) is 0 Å². The van der Waals surface area contributed by atoms with Gasteiger partial charge in [0.05, 0.1) is 0 Å². The molecule has 0 fully saturated rings. The van der Waals surface area contributed by atoms with Crippen molar-refractivity contribution in [3.05, 3.63) is 12.2 Å². The summed E-state index contributed by atoms with van der Waals surface area (Å²) in [7, 11) is 0. The first-order valence-corrected chi connectivity index (χ1v) is 37.2. The largest absolute Gasteiger partial charge is 0.462 e. The lowest BCUT2D eigenvalue weighted by molar-refractivity contribution is -0.167. The van der Waals surface area contributed by atoms with Crippen LogP contribution in [0.25, 0.3) is 0 Å². The fraction of sp³-hybridized carbons (Fsp3) is 0.933. The van der Waals surface area contributed by atoms with E-state index in [2.05, 4.69) is 32.9 Å². The van der Waals surface area contributed by atoms with Crippen LogP contribution in [0.2, 0.25) is 0 Å². The molecular weight excluding hydrogens is 997 g/mol. The van der Waals surface area contributed by atoms with E-state index in [1.54, 1.807) is 0 Å². The van der Waals surface area contributed by atoms with Crippen molar-refractivity contribution < 1.29 is 28.6 Å². The number of unbranched alkanes of at least 4 members (excludes halogenated alkanes) is 57. The summed E-state index contributed by atoms with van der Waals surface area (Å²) in [6.07, 6.45) is 85.6. The lowest BCUT2D eigenvalue weighted by Gasteiger charge is -2.18. The highest BCUT2D eigenvalue weighted by Gasteiger charge is 2.20. The van der Waals surface area contributed by atoms with Crippen molar-refractivity contribution in [2.45, 2.75) is 438 Å². The molecule has 0 saturated carbocycles. The molecule has 0 rings (SSSR count). The van der Waals surface area contributed by atoms with Gasteiger partial charge in [0.1, 0.15) is 13.2 Å². The van der Waals surface area contributed by atoms with Gasteiger partial charge < -0.3 is 14.2 Å². The molecular formula is C75H144O6. The summed E-state index contributed by atoms with van der Waals surface area (Å²) in [5.41, 5.74) is 0. The maximum atomic E-state index is 12.9. The van der Waals surface area contributed by atoms with Gasteiger partial charge in [0, 0.05) is 19.3 Å². The fourth-order valence-electron chi connectivity index (χ4n) is 11.7. The van der Waals surface area contributed by atoms with Crippen LogP contribution in [0.15, 0.2) is 12.2 Å². The lowest BCUT2D eigenvalue weighted by atomic mass is 10.0. The van der Waals surface area contributed by atoms with E-state index >= 15 is 0 Å². The zero-order valence-corrected chi connectivity index (χ0v) is 55.4. The second-order valence-corrected chi connectivity index (χ2v) is 25.6. The summed E-state index contributed by atoms with van der Waals surface area (Å²) in [6, 6.07) is 0. The second-order valence-electron chi connectivity index (χ2n) is 25.6. The van der Waals surface area contributed by atoms with Crippen molar-refractivity contribution >= 4 is 17.9 Å². The Morgan fingerprint density at radius 1 is 0.235 bits per heavy atom. The summed E-state index contributed by atoms with van der Waals surface area (Å²) in [4.78, 5) is 38.4. The van der Waals surface area contributed by atoms with Crippen molar-refractivity contribution in [1.29, 1.82) is 0 Å².